The van der Waals surface area contributed by atoms with Crippen LogP contribution in [-0.4, -0.2) is 31.9 Å². The molecule has 2 aromatic rings. The molecule has 1 aromatic heterocycles. The topological polar surface area (TPSA) is 83.1 Å². The first-order valence-corrected chi connectivity index (χ1v) is 10.6. The van der Waals surface area contributed by atoms with Crippen LogP contribution in [0.5, 0.6) is 17.2 Å². The molecule has 29 heavy (non-hydrogen) atoms. The third-order valence-corrected chi connectivity index (χ3v) is 6.08. The molecule has 8 heteroatoms. The number of thiophene rings is 1. The number of ether oxygens (including phenoxy) is 4. The number of amides is 1. The Bertz CT molecular complexity index is 922. The summed E-state index contributed by atoms with van der Waals surface area (Å²) < 4.78 is 21.4. The van der Waals surface area contributed by atoms with Gasteiger partial charge in [-0.2, -0.15) is 0 Å². The van der Waals surface area contributed by atoms with Crippen LogP contribution < -0.4 is 19.5 Å². The Morgan fingerprint density at radius 2 is 1.97 bits per heavy atom. The van der Waals surface area contributed by atoms with Crippen LogP contribution in [0.25, 0.3) is 0 Å². The van der Waals surface area contributed by atoms with Crippen molar-refractivity contribution in [2.24, 2.45) is 0 Å². The molecule has 1 N–H and O–H groups in total. The molecule has 0 unspecified atom stereocenters. The lowest BCUT2D eigenvalue weighted by molar-refractivity contribution is -0.118. The van der Waals surface area contributed by atoms with Crippen molar-refractivity contribution in [2.45, 2.75) is 39.0 Å². The third kappa shape index (κ3) is 4.32. The van der Waals surface area contributed by atoms with Gasteiger partial charge in [0, 0.05) is 10.9 Å². The van der Waals surface area contributed by atoms with Gasteiger partial charge in [-0.25, -0.2) is 4.79 Å². The molecule has 0 bridgehead atoms. The maximum atomic E-state index is 12.6. The van der Waals surface area contributed by atoms with Crippen molar-refractivity contribution in [2.75, 3.05) is 25.3 Å². The summed E-state index contributed by atoms with van der Waals surface area (Å²) in [5, 5.41) is 3.40. The van der Waals surface area contributed by atoms with Crippen molar-refractivity contribution in [3.63, 3.8) is 0 Å². The minimum atomic E-state index is -0.376. The van der Waals surface area contributed by atoms with Crippen molar-refractivity contribution < 1.29 is 28.5 Å². The molecule has 7 nitrogen and oxygen atoms in total. The highest BCUT2D eigenvalue weighted by Crippen LogP contribution is 2.38. The second kappa shape index (κ2) is 8.73. The van der Waals surface area contributed by atoms with E-state index < -0.39 is 0 Å². The molecule has 0 atom stereocenters. The maximum Gasteiger partial charge on any atom is 0.341 e. The lowest BCUT2D eigenvalue weighted by Gasteiger charge is -2.09. The maximum absolute atomic E-state index is 12.6. The average Bonchev–Trinajstić information content (AvgIpc) is 3.24. The lowest BCUT2D eigenvalue weighted by atomic mass is 10.1. The van der Waals surface area contributed by atoms with Crippen LogP contribution in [0.1, 0.15) is 47.0 Å². The first-order valence-electron chi connectivity index (χ1n) is 9.79. The van der Waals surface area contributed by atoms with Gasteiger partial charge in [0.2, 0.25) is 6.79 Å². The number of fused-ring (bicyclic) bond motifs is 2. The smallest absolute Gasteiger partial charge is 0.341 e. The second-order valence-electron chi connectivity index (χ2n) is 6.84. The van der Waals surface area contributed by atoms with Crippen LogP contribution >= 0.6 is 11.3 Å². The van der Waals surface area contributed by atoms with Gasteiger partial charge in [-0.15, -0.1) is 11.3 Å². The number of hydrogen-bond acceptors (Lipinski definition) is 7. The Balaban J connectivity index is 1.46. The van der Waals surface area contributed by atoms with Crippen LogP contribution in [0, 0.1) is 0 Å². The molecular weight excluding hydrogens is 394 g/mol. The van der Waals surface area contributed by atoms with Crippen LogP contribution in [-0.2, 0) is 22.4 Å². The largest absolute Gasteiger partial charge is 0.484 e. The summed E-state index contributed by atoms with van der Waals surface area (Å²) >= 11 is 1.47. The van der Waals surface area contributed by atoms with Gasteiger partial charge < -0.3 is 24.3 Å². The number of aryl methyl sites for hydroxylation is 1. The number of esters is 1. The summed E-state index contributed by atoms with van der Waals surface area (Å²) in [5.41, 5.74) is 1.53. The van der Waals surface area contributed by atoms with Gasteiger partial charge >= 0.3 is 5.97 Å². The van der Waals surface area contributed by atoms with E-state index in [1.807, 2.05) is 0 Å². The summed E-state index contributed by atoms with van der Waals surface area (Å²) in [6, 6.07) is 5.15. The molecular formula is C21H23NO6S. The predicted molar refractivity (Wildman–Crippen MR) is 108 cm³/mol. The van der Waals surface area contributed by atoms with Gasteiger partial charge in [0.1, 0.15) is 10.8 Å². The Morgan fingerprint density at radius 1 is 1.14 bits per heavy atom. The minimum Gasteiger partial charge on any atom is -0.484 e. The van der Waals surface area contributed by atoms with Gasteiger partial charge in [-0.05, 0) is 50.3 Å². The molecule has 0 saturated heterocycles. The first-order chi connectivity index (χ1) is 14.2. The van der Waals surface area contributed by atoms with E-state index in [9.17, 15) is 9.59 Å². The van der Waals surface area contributed by atoms with Crippen molar-refractivity contribution in [1.82, 2.24) is 0 Å². The number of nitrogens with one attached hydrogen (secondary N) is 1. The van der Waals surface area contributed by atoms with E-state index in [4.69, 9.17) is 18.9 Å². The highest BCUT2D eigenvalue weighted by Gasteiger charge is 2.26. The van der Waals surface area contributed by atoms with Gasteiger partial charge in [-0.1, -0.05) is 6.42 Å². The van der Waals surface area contributed by atoms with E-state index in [1.54, 1.807) is 25.1 Å². The normalized spacial score (nSPS) is 14.7. The lowest BCUT2D eigenvalue weighted by Crippen LogP contribution is -2.21. The van der Waals surface area contributed by atoms with Gasteiger partial charge in [0.25, 0.3) is 5.91 Å². The predicted octanol–water partition coefficient (Wildman–Crippen LogP) is 3.94. The number of carbonyl (C=O) groups is 2. The number of rotatable bonds is 6. The summed E-state index contributed by atoms with van der Waals surface area (Å²) in [5.74, 6) is 1.05. The molecule has 0 spiro atoms. The van der Waals surface area contributed by atoms with Gasteiger partial charge in [0.05, 0.1) is 12.2 Å². The summed E-state index contributed by atoms with van der Waals surface area (Å²) in [6.45, 7) is 2.08. The molecule has 4 rings (SSSR count). The number of anilines is 1. The van der Waals surface area contributed by atoms with Crippen molar-refractivity contribution >= 4 is 28.2 Å². The molecule has 154 valence electrons. The van der Waals surface area contributed by atoms with E-state index in [1.165, 1.54) is 11.3 Å². The van der Waals surface area contributed by atoms with E-state index in [0.717, 1.165) is 42.5 Å². The fourth-order valence-corrected chi connectivity index (χ4v) is 4.82. The zero-order chi connectivity index (χ0) is 20.2. The quantitative estimate of drug-likeness (QED) is 0.566. The number of hydrogen-bond donors (Lipinski definition) is 1. The highest BCUT2D eigenvalue weighted by molar-refractivity contribution is 7.17. The van der Waals surface area contributed by atoms with Crippen molar-refractivity contribution in [3.8, 4) is 17.2 Å². The van der Waals surface area contributed by atoms with E-state index in [2.05, 4.69) is 5.32 Å². The molecule has 1 amide bonds. The van der Waals surface area contributed by atoms with Crippen molar-refractivity contribution in [3.05, 3.63) is 34.2 Å². The third-order valence-electron chi connectivity index (χ3n) is 4.87. The minimum absolute atomic E-state index is 0.176. The Labute approximate surface area is 172 Å². The van der Waals surface area contributed by atoms with E-state index in [0.29, 0.717) is 34.4 Å². The van der Waals surface area contributed by atoms with Gasteiger partial charge in [-0.3, -0.25) is 4.79 Å². The fourth-order valence-electron chi connectivity index (χ4n) is 3.53. The number of carbonyl (C=O) groups excluding carboxylic acids is 2. The first kappa shape index (κ1) is 19.6. The second-order valence-corrected chi connectivity index (χ2v) is 7.95. The fraction of sp³-hybridized carbons (Fsp3) is 0.429. The zero-order valence-electron chi connectivity index (χ0n) is 16.2. The molecule has 0 radical (unpaired) electrons. The summed E-state index contributed by atoms with van der Waals surface area (Å²) in [6.07, 6.45) is 5.04. The van der Waals surface area contributed by atoms with Crippen LogP contribution in [0.2, 0.25) is 0 Å². The van der Waals surface area contributed by atoms with Gasteiger partial charge in [0.15, 0.2) is 18.1 Å². The monoisotopic (exact) mass is 417 g/mol. The van der Waals surface area contributed by atoms with E-state index >= 15 is 0 Å². The highest BCUT2D eigenvalue weighted by atomic mass is 32.1. The molecule has 0 fully saturated rings. The Hall–Kier alpha value is -2.74. The SMILES string of the molecule is CCOC(=O)c1c(NC(=O)COc2ccc3c(c2)OCO3)sc2c1CCCCC2. The number of benzene rings is 1. The van der Waals surface area contributed by atoms with E-state index in [-0.39, 0.29) is 25.3 Å². The molecule has 1 aromatic carbocycles. The zero-order valence-corrected chi connectivity index (χ0v) is 17.1. The van der Waals surface area contributed by atoms with Crippen LogP contribution in [0.15, 0.2) is 18.2 Å². The Morgan fingerprint density at radius 3 is 2.83 bits per heavy atom. The van der Waals surface area contributed by atoms with Crippen LogP contribution in [0.4, 0.5) is 5.00 Å². The summed E-state index contributed by atoms with van der Waals surface area (Å²) in [4.78, 5) is 26.2. The van der Waals surface area contributed by atoms with Crippen molar-refractivity contribution in [1.29, 1.82) is 0 Å². The summed E-state index contributed by atoms with van der Waals surface area (Å²) in [7, 11) is 0. The average molecular weight is 417 g/mol. The molecule has 0 saturated carbocycles. The van der Waals surface area contributed by atoms with Crippen LogP contribution in [0.3, 0.4) is 0 Å². The molecule has 1 aliphatic heterocycles. The molecule has 2 aliphatic rings. The molecule has 1 aliphatic carbocycles. The standard InChI is InChI=1S/C21H23NO6S/c1-2-25-21(24)19-14-6-4-3-5-7-17(14)29-20(19)22-18(23)11-26-13-8-9-15-16(10-13)28-12-27-15/h8-10H,2-7,11-12H2,1H3,(H,22,23). The molecule has 2 heterocycles. The Kier molecular flexibility index (Phi) is 5.89.